The van der Waals surface area contributed by atoms with Crippen LogP contribution in [0, 0.1) is 19.8 Å². The van der Waals surface area contributed by atoms with Crippen LogP contribution in [-0.4, -0.2) is 43.0 Å². The lowest BCUT2D eigenvalue weighted by Crippen LogP contribution is -2.40. The van der Waals surface area contributed by atoms with Gasteiger partial charge in [0.1, 0.15) is 5.75 Å². The molecule has 10 heteroatoms. The highest BCUT2D eigenvalue weighted by Gasteiger charge is 2.27. The van der Waals surface area contributed by atoms with Gasteiger partial charge in [0.2, 0.25) is 5.91 Å². The Morgan fingerprint density at radius 3 is 2.44 bits per heavy atom. The van der Waals surface area contributed by atoms with Crippen molar-refractivity contribution in [2.75, 3.05) is 31.5 Å². The van der Waals surface area contributed by atoms with Crippen LogP contribution in [0.5, 0.6) is 5.75 Å². The number of ether oxygens (including phenoxy) is 1. The summed E-state index contributed by atoms with van der Waals surface area (Å²) in [7, 11) is 0. The number of carbonyl (C=O) groups is 2. The predicted octanol–water partition coefficient (Wildman–Crippen LogP) is 7.20. The van der Waals surface area contributed by atoms with E-state index in [1.165, 1.54) is 26.5 Å². The van der Waals surface area contributed by atoms with Crippen molar-refractivity contribution in [3.8, 4) is 5.75 Å². The van der Waals surface area contributed by atoms with Gasteiger partial charge in [-0.1, -0.05) is 11.2 Å². The Bertz CT molecular complexity index is 1310. The van der Waals surface area contributed by atoms with Crippen LogP contribution in [0.1, 0.15) is 46.6 Å². The van der Waals surface area contributed by atoms with Gasteiger partial charge in [-0.2, -0.15) is 0 Å². The molecule has 3 heterocycles. The fourth-order valence-corrected chi connectivity index (χ4v) is 6.67. The summed E-state index contributed by atoms with van der Waals surface area (Å²) in [6, 6.07) is 11.1. The molecule has 0 spiro atoms. The predicted molar refractivity (Wildman–Crippen MR) is 158 cm³/mol. The lowest BCUT2D eigenvalue weighted by Gasteiger charge is -2.31. The maximum atomic E-state index is 12.9. The highest BCUT2D eigenvalue weighted by molar-refractivity contribution is 7.14. The first kappa shape index (κ1) is 28.6. The summed E-state index contributed by atoms with van der Waals surface area (Å²) < 4.78 is 5.67. The van der Waals surface area contributed by atoms with Crippen molar-refractivity contribution < 1.29 is 14.3 Å². The van der Waals surface area contributed by atoms with E-state index < -0.39 is 0 Å². The molecule has 2 aromatic heterocycles. The number of hydrogen-bond acceptors (Lipinski definition) is 7. The number of anilines is 1. The van der Waals surface area contributed by atoms with E-state index in [4.69, 9.17) is 10.3 Å². The molecule has 1 N–H and O–H groups in total. The van der Waals surface area contributed by atoms with Crippen LogP contribution >= 0.6 is 22.7 Å². The molecule has 39 heavy (non-hydrogen) atoms. The number of likely N-dealkylation sites (tertiary alicyclic amines) is 1. The number of nitrogens with one attached hydrogen (secondary N) is 1. The normalized spacial score (nSPS) is 15.3. The molecule has 0 bridgehead atoms. The van der Waals surface area contributed by atoms with Crippen molar-refractivity contribution in [2.45, 2.75) is 39.5 Å². The molecule has 1 atom stereocenters. The van der Waals surface area contributed by atoms with Gasteiger partial charge in [-0.15, -0.1) is 22.7 Å². The number of esters is 1. The van der Waals surface area contributed by atoms with Gasteiger partial charge in [0.05, 0.1) is 5.92 Å². The van der Waals surface area contributed by atoms with Crippen molar-refractivity contribution in [1.29, 1.82) is 0 Å². The number of thiophene rings is 2. The van der Waals surface area contributed by atoms with Crippen LogP contribution in [-0.2, 0) is 9.59 Å². The lowest BCUT2D eigenvalue weighted by molar-refractivity contribution is -0.140. The third kappa shape index (κ3) is 8.03. The molecule has 1 amide bonds. The largest absolute Gasteiger partial charge is 0.426 e. The minimum absolute atomic E-state index is 0.108. The molecule has 4 rings (SSSR count). The topological polar surface area (TPSA) is 107 Å². The maximum absolute atomic E-state index is 12.9. The second-order valence-corrected chi connectivity index (χ2v) is 11.4. The average Bonchev–Trinajstić information content (AvgIpc) is 3.56. The maximum Gasteiger partial charge on any atom is 0.315 e. The van der Waals surface area contributed by atoms with Gasteiger partial charge in [-0.25, -0.2) is 0 Å². The standard InChI is InChI=1S/C29H33N5O3S2/c1-20-12-17-38-27(20)25(28-21(2)13-18-39-28)6-4-16-34-15-3-5-22(19-34)29(36)37-24-9-7-23(8-10-24)32-26(35)11-14-31-33-30/h6-10,12-13,17-18,22H,3-5,11,14-16,19H2,1-2H3,(H,32,35)/t22-/m1/s1. The number of nitrogens with zero attached hydrogens (tertiary/aromatic N) is 4. The number of hydrogen-bond donors (Lipinski definition) is 1. The minimum atomic E-state index is -0.243. The third-order valence-corrected chi connectivity index (χ3v) is 8.80. The van der Waals surface area contributed by atoms with Gasteiger partial charge < -0.3 is 15.0 Å². The zero-order valence-electron chi connectivity index (χ0n) is 22.3. The Kier molecular flexibility index (Phi) is 10.3. The molecule has 3 aromatic rings. The van der Waals surface area contributed by atoms with E-state index in [0.717, 1.165) is 32.4 Å². The fourth-order valence-electron chi connectivity index (χ4n) is 4.65. The van der Waals surface area contributed by atoms with Crippen LogP contribution in [0.25, 0.3) is 16.0 Å². The van der Waals surface area contributed by atoms with Crippen molar-refractivity contribution in [3.05, 3.63) is 84.6 Å². The Morgan fingerprint density at radius 1 is 1.13 bits per heavy atom. The van der Waals surface area contributed by atoms with E-state index in [1.54, 1.807) is 46.9 Å². The molecule has 0 unspecified atom stereocenters. The lowest BCUT2D eigenvalue weighted by atomic mass is 9.98. The summed E-state index contributed by atoms with van der Waals surface area (Å²) in [4.78, 5) is 32.4. The smallest absolute Gasteiger partial charge is 0.315 e. The molecule has 1 aliphatic rings. The molecule has 8 nitrogen and oxygen atoms in total. The number of rotatable bonds is 11. The summed E-state index contributed by atoms with van der Waals surface area (Å²) in [5.74, 6) is -0.172. The summed E-state index contributed by atoms with van der Waals surface area (Å²) >= 11 is 3.58. The van der Waals surface area contributed by atoms with Crippen molar-refractivity contribution in [3.63, 3.8) is 0 Å². The van der Waals surface area contributed by atoms with Crippen LogP contribution in [0.15, 0.2) is 58.3 Å². The van der Waals surface area contributed by atoms with Crippen LogP contribution in [0.4, 0.5) is 5.69 Å². The zero-order chi connectivity index (χ0) is 27.6. The summed E-state index contributed by atoms with van der Waals surface area (Å²) in [5.41, 5.74) is 12.8. The second-order valence-electron chi connectivity index (χ2n) is 9.61. The van der Waals surface area contributed by atoms with E-state index in [0.29, 0.717) is 18.0 Å². The molecule has 0 aliphatic carbocycles. The number of carbonyl (C=O) groups excluding carboxylic acids is 2. The molecule has 0 saturated carbocycles. The van der Waals surface area contributed by atoms with Crippen LogP contribution in [0.3, 0.4) is 0 Å². The SMILES string of the molecule is Cc1ccsc1C(=CCCN1CCC[C@@H](C(=O)Oc2ccc(NC(=O)CCN=[N+]=[N-])cc2)C1)c1sccc1C. The molecular formula is C29H33N5O3S2. The molecule has 204 valence electrons. The first-order valence-corrected chi connectivity index (χ1v) is 14.8. The highest BCUT2D eigenvalue weighted by atomic mass is 32.1. The Hall–Kier alpha value is -3.43. The summed E-state index contributed by atoms with van der Waals surface area (Å²) in [5, 5.41) is 10.4. The van der Waals surface area contributed by atoms with E-state index in [9.17, 15) is 9.59 Å². The number of azide groups is 1. The molecule has 1 fully saturated rings. The fraction of sp³-hybridized carbons (Fsp3) is 0.379. The van der Waals surface area contributed by atoms with Gasteiger partial charge in [-0.05, 0) is 103 Å². The quantitative estimate of drug-likeness (QED) is 0.0874. The molecule has 1 aromatic carbocycles. The average molecular weight is 564 g/mol. The number of piperidine rings is 1. The molecule has 1 aliphatic heterocycles. The summed E-state index contributed by atoms with van der Waals surface area (Å²) in [6.45, 7) is 7.02. The number of aryl methyl sites for hydroxylation is 2. The van der Waals surface area contributed by atoms with Gasteiger partial charge >= 0.3 is 5.97 Å². The van der Waals surface area contributed by atoms with Gasteiger partial charge in [-0.3, -0.25) is 9.59 Å². The Morgan fingerprint density at radius 2 is 1.82 bits per heavy atom. The third-order valence-electron chi connectivity index (χ3n) is 6.70. The number of amides is 1. The van der Waals surface area contributed by atoms with E-state index in [2.05, 4.69) is 63.1 Å². The Balaban J connectivity index is 1.30. The van der Waals surface area contributed by atoms with E-state index >= 15 is 0 Å². The molecular weight excluding hydrogens is 530 g/mol. The van der Waals surface area contributed by atoms with E-state index in [1.807, 2.05) is 0 Å². The van der Waals surface area contributed by atoms with Crippen LogP contribution in [0.2, 0.25) is 0 Å². The highest BCUT2D eigenvalue weighted by Crippen LogP contribution is 2.35. The van der Waals surface area contributed by atoms with Crippen molar-refractivity contribution in [2.24, 2.45) is 11.0 Å². The van der Waals surface area contributed by atoms with Crippen molar-refractivity contribution in [1.82, 2.24) is 4.90 Å². The van der Waals surface area contributed by atoms with Gasteiger partial charge in [0, 0.05) is 52.0 Å². The zero-order valence-corrected chi connectivity index (χ0v) is 23.9. The molecule has 0 radical (unpaired) electrons. The minimum Gasteiger partial charge on any atom is -0.426 e. The first-order valence-electron chi connectivity index (χ1n) is 13.1. The molecule has 1 saturated heterocycles. The summed E-state index contributed by atoms with van der Waals surface area (Å²) in [6.07, 6.45) is 5.17. The van der Waals surface area contributed by atoms with Gasteiger partial charge in [0.25, 0.3) is 0 Å². The monoisotopic (exact) mass is 563 g/mol. The first-order chi connectivity index (χ1) is 18.9. The van der Waals surface area contributed by atoms with Gasteiger partial charge in [0.15, 0.2) is 0 Å². The Labute approximate surface area is 236 Å². The van der Waals surface area contributed by atoms with E-state index in [-0.39, 0.29) is 30.8 Å². The number of benzene rings is 1. The second kappa shape index (κ2) is 14.1. The van der Waals surface area contributed by atoms with Crippen molar-refractivity contribution >= 4 is 45.8 Å². The van der Waals surface area contributed by atoms with Crippen LogP contribution < -0.4 is 10.1 Å².